The number of amides is 1. The van der Waals surface area contributed by atoms with Crippen LogP contribution in [0.25, 0.3) is 0 Å². The predicted molar refractivity (Wildman–Crippen MR) is 97.0 cm³/mol. The van der Waals surface area contributed by atoms with E-state index in [1.54, 1.807) is 0 Å². The molecule has 0 spiro atoms. The third-order valence-electron chi connectivity index (χ3n) is 4.46. The second kappa shape index (κ2) is 14.3. The van der Waals surface area contributed by atoms with Crippen LogP contribution in [0.2, 0.25) is 0 Å². The van der Waals surface area contributed by atoms with Crippen molar-refractivity contribution < 1.29 is 19.4 Å². The van der Waals surface area contributed by atoms with Gasteiger partial charge in [-0.05, 0) is 19.8 Å². The number of carbonyl (C=O) groups excluding carboxylic acids is 2. The van der Waals surface area contributed by atoms with Gasteiger partial charge in [0.05, 0.1) is 13.2 Å². The molecule has 0 fully saturated rings. The van der Waals surface area contributed by atoms with Crippen LogP contribution in [0.3, 0.4) is 0 Å². The third kappa shape index (κ3) is 9.91. The molecular weight excluding hydrogens is 306 g/mol. The van der Waals surface area contributed by atoms with Crippen molar-refractivity contribution >= 4 is 11.9 Å². The minimum atomic E-state index is -0.926. The van der Waals surface area contributed by atoms with Crippen molar-refractivity contribution in [2.24, 2.45) is 5.92 Å². The quantitative estimate of drug-likeness (QED) is 0.463. The van der Waals surface area contributed by atoms with Gasteiger partial charge in [0.15, 0.2) is 5.78 Å². The Labute approximate surface area is 147 Å². The average molecular weight is 344 g/mol. The normalized spacial score (nSPS) is 14.7. The summed E-state index contributed by atoms with van der Waals surface area (Å²) in [6, 6.07) is -0.889. The van der Waals surface area contributed by atoms with Crippen molar-refractivity contribution in [2.45, 2.75) is 97.1 Å². The van der Waals surface area contributed by atoms with Crippen molar-refractivity contribution in [3.05, 3.63) is 0 Å². The van der Waals surface area contributed by atoms with E-state index in [0.29, 0.717) is 0 Å². The van der Waals surface area contributed by atoms with Crippen LogP contribution in [0.1, 0.15) is 85.0 Å². The van der Waals surface area contributed by atoms with Crippen LogP contribution in [0.5, 0.6) is 0 Å². The molecular formula is C19H37NO4. The van der Waals surface area contributed by atoms with Crippen molar-refractivity contribution in [2.75, 3.05) is 7.11 Å². The van der Waals surface area contributed by atoms with Crippen LogP contribution < -0.4 is 5.32 Å². The Hall–Kier alpha value is -1.10. The summed E-state index contributed by atoms with van der Waals surface area (Å²) >= 11 is 0. The van der Waals surface area contributed by atoms with Gasteiger partial charge in [-0.25, -0.2) is 4.79 Å². The number of ketones is 1. The summed E-state index contributed by atoms with van der Waals surface area (Å²) in [5, 5.41) is 12.4. The first-order chi connectivity index (χ1) is 11.5. The van der Waals surface area contributed by atoms with E-state index in [-0.39, 0.29) is 11.7 Å². The average Bonchev–Trinajstić information content (AvgIpc) is 2.56. The number of hydrogen-bond donors (Lipinski definition) is 2. The summed E-state index contributed by atoms with van der Waals surface area (Å²) in [6.45, 7) is 5.85. The molecule has 0 aliphatic rings. The van der Waals surface area contributed by atoms with Crippen molar-refractivity contribution in [1.29, 1.82) is 0 Å². The number of methoxy groups -OCH3 is 1. The van der Waals surface area contributed by atoms with Crippen molar-refractivity contribution in [1.82, 2.24) is 5.32 Å². The van der Waals surface area contributed by atoms with Gasteiger partial charge in [-0.1, -0.05) is 65.2 Å². The Morgan fingerprint density at radius 1 is 0.958 bits per heavy atom. The molecule has 3 atom stereocenters. The zero-order chi connectivity index (χ0) is 18.4. The molecule has 0 radical (unpaired) electrons. The Morgan fingerprint density at radius 3 is 1.96 bits per heavy atom. The van der Waals surface area contributed by atoms with Gasteiger partial charge < -0.3 is 15.2 Å². The van der Waals surface area contributed by atoms with Gasteiger partial charge in [-0.3, -0.25) is 4.79 Å². The molecule has 5 nitrogen and oxygen atoms in total. The van der Waals surface area contributed by atoms with Gasteiger partial charge in [-0.15, -0.1) is 0 Å². The van der Waals surface area contributed by atoms with E-state index in [0.717, 1.165) is 44.9 Å². The second-order valence-corrected chi connectivity index (χ2v) is 6.65. The number of nitrogens with one attached hydrogen (secondary N) is 1. The molecule has 0 heterocycles. The largest absolute Gasteiger partial charge is 0.453 e. The van der Waals surface area contributed by atoms with E-state index in [4.69, 9.17) is 0 Å². The van der Waals surface area contributed by atoms with E-state index < -0.39 is 18.2 Å². The monoisotopic (exact) mass is 343 g/mol. The second-order valence-electron chi connectivity index (χ2n) is 6.65. The van der Waals surface area contributed by atoms with Gasteiger partial charge in [-0.2, -0.15) is 0 Å². The Bertz CT molecular complexity index is 344. The van der Waals surface area contributed by atoms with Gasteiger partial charge >= 0.3 is 6.09 Å². The fourth-order valence-corrected chi connectivity index (χ4v) is 2.93. The Morgan fingerprint density at radius 2 is 1.46 bits per heavy atom. The fraction of sp³-hybridized carbons (Fsp3) is 0.895. The molecule has 2 N–H and O–H groups in total. The van der Waals surface area contributed by atoms with Crippen LogP contribution in [0.4, 0.5) is 4.79 Å². The fourth-order valence-electron chi connectivity index (χ4n) is 2.93. The molecule has 0 bridgehead atoms. The van der Waals surface area contributed by atoms with Gasteiger partial charge in [0.1, 0.15) is 6.04 Å². The van der Waals surface area contributed by atoms with E-state index in [1.165, 1.54) is 33.3 Å². The van der Waals surface area contributed by atoms with Crippen LogP contribution in [-0.2, 0) is 9.53 Å². The summed E-state index contributed by atoms with van der Waals surface area (Å²) < 4.78 is 4.57. The van der Waals surface area contributed by atoms with Crippen LogP contribution in [0.15, 0.2) is 0 Å². The first-order valence-corrected chi connectivity index (χ1v) is 9.54. The first-order valence-electron chi connectivity index (χ1n) is 9.54. The molecule has 0 saturated heterocycles. The first kappa shape index (κ1) is 22.9. The number of carbonyl (C=O) groups is 2. The third-order valence-corrected chi connectivity index (χ3v) is 4.46. The number of rotatable bonds is 14. The molecule has 0 saturated carbocycles. The molecule has 0 aromatic carbocycles. The number of aliphatic hydroxyl groups excluding tert-OH is 1. The van der Waals surface area contributed by atoms with Gasteiger partial charge in [0, 0.05) is 5.92 Å². The zero-order valence-corrected chi connectivity index (χ0v) is 16.0. The Kier molecular flexibility index (Phi) is 13.6. The van der Waals surface area contributed by atoms with Crippen molar-refractivity contribution in [3.8, 4) is 0 Å². The standard InChI is InChI=1S/C19H37NO4/c1-5-7-9-10-12-14-16(13-11-8-6-2)18(22)17(15(3)21)20-19(23)24-4/h15-17,21H,5-14H2,1-4H3,(H,20,23)/t15-,16?,17-/m0/s1. The van der Waals surface area contributed by atoms with E-state index >= 15 is 0 Å². The molecule has 0 aromatic heterocycles. The highest BCUT2D eigenvalue weighted by Crippen LogP contribution is 2.21. The predicted octanol–water partition coefficient (Wildman–Crippen LogP) is 4.22. The summed E-state index contributed by atoms with van der Waals surface area (Å²) in [5.41, 5.74) is 0. The maximum Gasteiger partial charge on any atom is 0.407 e. The molecule has 24 heavy (non-hydrogen) atoms. The molecule has 1 amide bonds. The van der Waals surface area contributed by atoms with E-state index in [1.807, 2.05) is 0 Å². The van der Waals surface area contributed by atoms with Crippen LogP contribution >= 0.6 is 0 Å². The maximum absolute atomic E-state index is 12.8. The van der Waals surface area contributed by atoms with Gasteiger partial charge in [0.25, 0.3) is 0 Å². The SMILES string of the molecule is CCCCCCCC(CCCCC)C(=O)[C@@H](NC(=O)OC)[C@H](C)O. The summed E-state index contributed by atoms with van der Waals surface area (Å²) in [7, 11) is 1.26. The van der Waals surface area contributed by atoms with Crippen LogP contribution in [-0.4, -0.2) is 36.2 Å². The smallest absolute Gasteiger partial charge is 0.407 e. The molecule has 0 aromatic rings. The molecule has 1 unspecified atom stereocenters. The van der Waals surface area contributed by atoms with Crippen molar-refractivity contribution in [3.63, 3.8) is 0 Å². The van der Waals surface area contributed by atoms with E-state index in [2.05, 4.69) is 23.9 Å². The summed E-state index contributed by atoms with van der Waals surface area (Å²) in [5.74, 6) is -0.170. The van der Waals surface area contributed by atoms with E-state index in [9.17, 15) is 14.7 Å². The number of aliphatic hydroxyl groups is 1. The number of alkyl carbamates (subject to hydrolysis) is 1. The maximum atomic E-state index is 12.8. The topological polar surface area (TPSA) is 75.6 Å². The zero-order valence-electron chi connectivity index (χ0n) is 16.0. The highest BCUT2D eigenvalue weighted by molar-refractivity contribution is 5.89. The molecule has 0 aliphatic carbocycles. The highest BCUT2D eigenvalue weighted by atomic mass is 16.5. The minimum Gasteiger partial charge on any atom is -0.453 e. The minimum absolute atomic E-state index is 0.0676. The summed E-state index contributed by atoms with van der Waals surface area (Å²) in [6.07, 6.45) is 9.06. The Balaban J connectivity index is 4.72. The number of Topliss-reactive ketones (excluding diaryl/α,β-unsaturated/α-hetero) is 1. The van der Waals surface area contributed by atoms with Gasteiger partial charge in [0.2, 0.25) is 0 Å². The number of hydrogen-bond acceptors (Lipinski definition) is 4. The number of ether oxygens (including phenoxy) is 1. The number of unbranched alkanes of at least 4 members (excludes halogenated alkanes) is 6. The lowest BCUT2D eigenvalue weighted by Gasteiger charge is -2.25. The molecule has 142 valence electrons. The van der Waals surface area contributed by atoms with Crippen LogP contribution in [0, 0.1) is 5.92 Å². The lowest BCUT2D eigenvalue weighted by atomic mass is 9.86. The molecule has 0 aliphatic heterocycles. The molecule has 5 heteroatoms. The lowest BCUT2D eigenvalue weighted by Crippen LogP contribution is -2.49. The lowest BCUT2D eigenvalue weighted by molar-refractivity contribution is -0.127. The molecule has 0 rings (SSSR count). The highest BCUT2D eigenvalue weighted by Gasteiger charge is 2.31. The summed E-state index contributed by atoms with van der Waals surface area (Å²) in [4.78, 5) is 24.3.